The minimum absolute atomic E-state index is 0. The second kappa shape index (κ2) is 7.14. The molecular weight excluding hydrogens is 309 g/mol. The lowest BCUT2D eigenvalue weighted by atomic mass is 10.3. The van der Waals surface area contributed by atoms with Crippen LogP contribution in [0.2, 0.25) is 0 Å². The molecular formula is C15H19Cl2N3O. The van der Waals surface area contributed by atoms with Gasteiger partial charge in [0.15, 0.2) is 0 Å². The third-order valence-electron chi connectivity index (χ3n) is 3.83. The molecule has 1 amide bonds. The maximum Gasteiger partial charge on any atom is 0.222 e. The zero-order chi connectivity index (χ0) is 13.9. The molecule has 0 N–H and O–H groups in total. The highest BCUT2D eigenvalue weighted by Crippen LogP contribution is 2.18. The molecule has 0 unspecified atom stereocenters. The first-order valence-electron chi connectivity index (χ1n) is 7.07. The van der Waals surface area contributed by atoms with E-state index in [0.717, 1.165) is 49.3 Å². The zero-order valence-corrected chi connectivity index (χ0v) is 13.4. The van der Waals surface area contributed by atoms with E-state index in [1.54, 1.807) is 0 Å². The van der Waals surface area contributed by atoms with E-state index in [0.29, 0.717) is 12.3 Å². The molecule has 3 rings (SSSR count). The van der Waals surface area contributed by atoms with Gasteiger partial charge in [0.05, 0.1) is 16.9 Å². The number of fused-ring (bicyclic) bond motifs is 1. The van der Waals surface area contributed by atoms with Gasteiger partial charge in [0.1, 0.15) is 5.82 Å². The minimum atomic E-state index is 0. The number of imidazole rings is 1. The van der Waals surface area contributed by atoms with Crippen molar-refractivity contribution in [2.24, 2.45) is 0 Å². The van der Waals surface area contributed by atoms with Crippen LogP contribution in [0.3, 0.4) is 0 Å². The number of likely N-dealkylation sites (tertiary alicyclic amines) is 1. The van der Waals surface area contributed by atoms with Gasteiger partial charge in [-0.3, -0.25) is 4.79 Å². The number of aromatic nitrogens is 2. The van der Waals surface area contributed by atoms with Crippen LogP contribution in [0.15, 0.2) is 24.3 Å². The quantitative estimate of drug-likeness (QED) is 0.791. The minimum Gasteiger partial charge on any atom is -0.343 e. The number of nitrogens with zero attached hydrogens (tertiary/aromatic N) is 3. The van der Waals surface area contributed by atoms with Crippen LogP contribution < -0.4 is 0 Å². The van der Waals surface area contributed by atoms with Gasteiger partial charge in [0.2, 0.25) is 5.91 Å². The van der Waals surface area contributed by atoms with Crippen molar-refractivity contribution in [2.75, 3.05) is 13.1 Å². The Hall–Kier alpha value is -1.26. The van der Waals surface area contributed by atoms with E-state index in [1.165, 1.54) is 0 Å². The summed E-state index contributed by atoms with van der Waals surface area (Å²) in [5.74, 6) is 1.61. The second-order valence-corrected chi connectivity index (χ2v) is 5.41. The van der Waals surface area contributed by atoms with Gasteiger partial charge in [-0.1, -0.05) is 12.1 Å². The normalized spacial score (nSPS) is 14.7. The van der Waals surface area contributed by atoms with Gasteiger partial charge in [-0.2, -0.15) is 0 Å². The molecule has 1 aromatic carbocycles. The van der Waals surface area contributed by atoms with Crippen LogP contribution in [0.4, 0.5) is 0 Å². The maximum atomic E-state index is 11.6. The van der Waals surface area contributed by atoms with Crippen molar-refractivity contribution >= 4 is 40.9 Å². The van der Waals surface area contributed by atoms with Crippen LogP contribution in [-0.4, -0.2) is 33.4 Å². The topological polar surface area (TPSA) is 38.1 Å². The summed E-state index contributed by atoms with van der Waals surface area (Å²) in [6, 6.07) is 8.08. The second-order valence-electron chi connectivity index (χ2n) is 5.14. The van der Waals surface area contributed by atoms with Crippen LogP contribution >= 0.6 is 24.0 Å². The van der Waals surface area contributed by atoms with E-state index in [-0.39, 0.29) is 18.3 Å². The Labute approximate surface area is 135 Å². The average molecular weight is 328 g/mol. The number of benzene rings is 1. The molecule has 0 spiro atoms. The van der Waals surface area contributed by atoms with Crippen LogP contribution in [0, 0.1) is 0 Å². The Morgan fingerprint density at radius 3 is 2.76 bits per heavy atom. The number of carbonyl (C=O) groups is 1. The lowest BCUT2D eigenvalue weighted by molar-refractivity contribution is -0.127. The molecule has 1 aliphatic heterocycles. The molecule has 1 aliphatic rings. The number of halogens is 2. The van der Waals surface area contributed by atoms with Crippen LogP contribution in [-0.2, 0) is 17.2 Å². The number of amides is 1. The van der Waals surface area contributed by atoms with E-state index in [4.69, 9.17) is 11.6 Å². The molecule has 4 nitrogen and oxygen atoms in total. The number of alkyl halides is 1. The summed E-state index contributed by atoms with van der Waals surface area (Å²) in [5.41, 5.74) is 2.11. The molecule has 1 fully saturated rings. The third-order valence-corrected chi connectivity index (χ3v) is 4.07. The van der Waals surface area contributed by atoms with Crippen molar-refractivity contribution in [2.45, 2.75) is 31.7 Å². The van der Waals surface area contributed by atoms with E-state index < -0.39 is 0 Å². The lowest BCUT2D eigenvalue weighted by Crippen LogP contribution is -2.26. The van der Waals surface area contributed by atoms with Crippen molar-refractivity contribution in [3.8, 4) is 0 Å². The van der Waals surface area contributed by atoms with Gasteiger partial charge < -0.3 is 9.47 Å². The number of para-hydroxylation sites is 2. The van der Waals surface area contributed by atoms with Crippen molar-refractivity contribution < 1.29 is 4.79 Å². The first kappa shape index (κ1) is 16.1. The molecule has 2 heterocycles. The average Bonchev–Trinajstić information content (AvgIpc) is 3.03. The number of rotatable bonds is 5. The molecule has 0 bridgehead atoms. The number of hydrogen-bond acceptors (Lipinski definition) is 2. The molecule has 114 valence electrons. The van der Waals surface area contributed by atoms with Gasteiger partial charge in [-0.15, -0.1) is 24.0 Å². The van der Waals surface area contributed by atoms with Gasteiger partial charge in [0.25, 0.3) is 0 Å². The molecule has 21 heavy (non-hydrogen) atoms. The summed E-state index contributed by atoms with van der Waals surface area (Å²) >= 11 is 5.98. The van der Waals surface area contributed by atoms with E-state index in [9.17, 15) is 4.79 Å². The number of carbonyl (C=O) groups excluding carboxylic acids is 1. The lowest BCUT2D eigenvalue weighted by Gasteiger charge is -2.16. The molecule has 0 atom stereocenters. The molecule has 0 radical (unpaired) electrons. The molecule has 0 saturated carbocycles. The summed E-state index contributed by atoms with van der Waals surface area (Å²) < 4.78 is 2.17. The fourth-order valence-corrected chi connectivity index (χ4v) is 3.04. The first-order valence-corrected chi connectivity index (χ1v) is 7.61. The summed E-state index contributed by atoms with van der Waals surface area (Å²) in [7, 11) is 0. The van der Waals surface area contributed by atoms with E-state index >= 15 is 0 Å². The largest absolute Gasteiger partial charge is 0.343 e. The Balaban J connectivity index is 0.00000161. The van der Waals surface area contributed by atoms with Gasteiger partial charge in [-0.05, 0) is 25.0 Å². The van der Waals surface area contributed by atoms with Crippen molar-refractivity contribution in [3.63, 3.8) is 0 Å². The molecule has 2 aromatic rings. The summed E-state index contributed by atoms with van der Waals surface area (Å²) in [6.07, 6.45) is 2.65. The number of hydrogen-bond donors (Lipinski definition) is 0. The molecule has 1 aromatic heterocycles. The predicted molar refractivity (Wildman–Crippen MR) is 87.0 cm³/mol. The first-order chi connectivity index (χ1) is 9.79. The predicted octanol–water partition coefficient (Wildman–Crippen LogP) is 3.21. The van der Waals surface area contributed by atoms with Crippen LogP contribution in [0.5, 0.6) is 0 Å². The summed E-state index contributed by atoms with van der Waals surface area (Å²) in [5, 5.41) is 0. The Morgan fingerprint density at radius 1 is 1.24 bits per heavy atom. The Bertz CT molecular complexity index is 626. The monoisotopic (exact) mass is 327 g/mol. The maximum absolute atomic E-state index is 11.6. The van der Waals surface area contributed by atoms with Crippen LogP contribution in [0.1, 0.15) is 25.1 Å². The highest BCUT2D eigenvalue weighted by molar-refractivity contribution is 6.16. The number of aryl methyl sites for hydroxylation is 1. The molecule has 0 aliphatic carbocycles. The molecule has 6 heteroatoms. The van der Waals surface area contributed by atoms with Crippen molar-refractivity contribution in [3.05, 3.63) is 30.1 Å². The summed E-state index contributed by atoms with van der Waals surface area (Å²) in [6.45, 7) is 2.59. The molecule has 1 saturated heterocycles. The van der Waals surface area contributed by atoms with Crippen molar-refractivity contribution in [1.29, 1.82) is 0 Å². The fourth-order valence-electron chi connectivity index (χ4n) is 2.84. The van der Waals surface area contributed by atoms with Gasteiger partial charge in [0, 0.05) is 26.1 Å². The van der Waals surface area contributed by atoms with E-state index in [1.807, 2.05) is 23.1 Å². The van der Waals surface area contributed by atoms with E-state index in [2.05, 4.69) is 15.6 Å². The highest BCUT2D eigenvalue weighted by atomic mass is 35.5. The summed E-state index contributed by atoms with van der Waals surface area (Å²) in [4.78, 5) is 18.1. The Morgan fingerprint density at radius 2 is 2.05 bits per heavy atom. The SMILES string of the molecule is Cl.O=C1CCCN1CCCn1c(CCl)nc2ccccc21. The highest BCUT2D eigenvalue weighted by Gasteiger charge is 2.19. The standard InChI is InChI=1S/C15H18ClN3O.ClH/c16-11-14-17-12-5-1-2-6-13(12)19(14)10-4-9-18-8-3-7-15(18)20;/h1-2,5-6H,3-4,7-11H2;1H. The Kier molecular flexibility index (Phi) is 5.48. The van der Waals surface area contributed by atoms with Gasteiger partial charge >= 0.3 is 0 Å². The fraction of sp³-hybridized carbons (Fsp3) is 0.467. The van der Waals surface area contributed by atoms with Crippen LogP contribution in [0.25, 0.3) is 11.0 Å². The van der Waals surface area contributed by atoms with Crippen molar-refractivity contribution in [1.82, 2.24) is 14.5 Å². The smallest absolute Gasteiger partial charge is 0.222 e. The van der Waals surface area contributed by atoms with Gasteiger partial charge in [-0.25, -0.2) is 4.98 Å². The zero-order valence-electron chi connectivity index (χ0n) is 11.8. The third kappa shape index (κ3) is 3.33.